The second-order valence-corrected chi connectivity index (χ2v) is 10.2. The van der Waals surface area contributed by atoms with Crippen LogP contribution in [-0.2, 0) is 12.8 Å². The Balaban J connectivity index is 1.11. The zero-order chi connectivity index (χ0) is 27.8. The van der Waals surface area contributed by atoms with Crippen LogP contribution in [0.5, 0.6) is 0 Å². The van der Waals surface area contributed by atoms with Crippen molar-refractivity contribution in [3.05, 3.63) is 113 Å². The van der Waals surface area contributed by atoms with Crippen LogP contribution in [0.2, 0.25) is 0 Å². The third kappa shape index (κ3) is 8.35. The molecule has 0 N–H and O–H groups in total. The Labute approximate surface area is 226 Å². The number of hydrogen-bond acceptors (Lipinski definition) is 0. The topological polar surface area (TPSA) is 0 Å². The van der Waals surface area contributed by atoms with Gasteiger partial charge in [-0.1, -0.05) is 56.4 Å². The van der Waals surface area contributed by atoms with Gasteiger partial charge in [0.05, 0.1) is 0 Å². The van der Waals surface area contributed by atoms with E-state index in [0.717, 1.165) is 93.2 Å². The molecule has 0 fully saturated rings. The molecule has 0 amide bonds. The summed E-state index contributed by atoms with van der Waals surface area (Å²) in [7, 11) is 0. The lowest BCUT2D eigenvalue weighted by Gasteiger charge is -2.15. The first-order valence-corrected chi connectivity index (χ1v) is 13.5. The monoisotopic (exact) mass is 542 g/mol. The van der Waals surface area contributed by atoms with Gasteiger partial charge in [0.1, 0.15) is 35.3 Å². The molecule has 0 heterocycles. The van der Waals surface area contributed by atoms with E-state index in [9.17, 15) is 26.3 Å². The maximum absolute atomic E-state index is 14.6. The molecule has 1 aliphatic carbocycles. The van der Waals surface area contributed by atoms with Crippen LogP contribution in [0, 0.1) is 23.3 Å². The molecular formula is C33H32F6. The predicted molar refractivity (Wildman–Crippen MR) is 145 cm³/mol. The summed E-state index contributed by atoms with van der Waals surface area (Å²) >= 11 is 0. The summed E-state index contributed by atoms with van der Waals surface area (Å²) in [4.78, 5) is 0. The largest absolute Gasteiger partial charge is 0.242 e. The van der Waals surface area contributed by atoms with Crippen LogP contribution in [0.3, 0.4) is 0 Å². The fraction of sp³-hybridized carbons (Fsp3) is 0.333. The van der Waals surface area contributed by atoms with Gasteiger partial charge in [0.2, 0.25) is 0 Å². The summed E-state index contributed by atoms with van der Waals surface area (Å²) in [6.45, 7) is 0. The number of aryl methyl sites for hydroxylation is 2. The van der Waals surface area contributed by atoms with Crippen LogP contribution < -0.4 is 0 Å². The van der Waals surface area contributed by atoms with Gasteiger partial charge in [-0.05, 0) is 84.4 Å². The van der Waals surface area contributed by atoms with Crippen molar-refractivity contribution in [3.63, 3.8) is 0 Å². The highest BCUT2D eigenvalue weighted by molar-refractivity contribution is 5.70. The highest BCUT2D eigenvalue weighted by atomic mass is 19.2. The van der Waals surface area contributed by atoms with Gasteiger partial charge in [0, 0.05) is 23.6 Å². The van der Waals surface area contributed by atoms with Crippen molar-refractivity contribution in [1.82, 2.24) is 0 Å². The van der Waals surface area contributed by atoms with E-state index in [4.69, 9.17) is 0 Å². The van der Waals surface area contributed by atoms with E-state index in [1.165, 1.54) is 18.2 Å². The fourth-order valence-corrected chi connectivity index (χ4v) is 5.08. The minimum Gasteiger partial charge on any atom is -0.242 e. The van der Waals surface area contributed by atoms with Crippen LogP contribution in [0.25, 0.3) is 16.7 Å². The van der Waals surface area contributed by atoms with Crippen LogP contribution in [0.1, 0.15) is 68.1 Å². The fourth-order valence-electron chi connectivity index (χ4n) is 5.08. The molecule has 0 nitrogen and oxygen atoms in total. The smallest absolute Gasteiger partial charge is 0.131 e. The number of allylic oxidation sites excluding steroid dienone is 4. The van der Waals surface area contributed by atoms with E-state index in [-0.39, 0.29) is 23.1 Å². The number of hydrogen-bond donors (Lipinski definition) is 0. The Bertz CT molecular complexity index is 1320. The molecule has 0 radical (unpaired) electrons. The normalized spacial score (nSPS) is 15.3. The first-order valence-electron chi connectivity index (χ1n) is 13.5. The predicted octanol–water partition coefficient (Wildman–Crippen LogP) is 10.4. The van der Waals surface area contributed by atoms with Crippen molar-refractivity contribution in [1.29, 1.82) is 0 Å². The molecule has 3 aromatic carbocycles. The second kappa shape index (κ2) is 13.7. The van der Waals surface area contributed by atoms with Crippen molar-refractivity contribution in [3.8, 4) is 11.1 Å². The summed E-state index contributed by atoms with van der Waals surface area (Å²) in [5, 5.41) is 0. The van der Waals surface area contributed by atoms with E-state index >= 15 is 0 Å². The van der Waals surface area contributed by atoms with Crippen molar-refractivity contribution in [2.75, 3.05) is 0 Å². The van der Waals surface area contributed by atoms with Crippen molar-refractivity contribution < 1.29 is 26.3 Å². The number of rotatable bonds is 12. The zero-order valence-corrected chi connectivity index (χ0v) is 21.8. The summed E-state index contributed by atoms with van der Waals surface area (Å²) in [6.07, 6.45) is 9.28. The van der Waals surface area contributed by atoms with Crippen molar-refractivity contribution in [2.24, 2.45) is 0 Å². The molecule has 1 aliphatic rings. The van der Waals surface area contributed by atoms with Crippen LogP contribution in [-0.4, -0.2) is 6.17 Å². The van der Waals surface area contributed by atoms with Crippen molar-refractivity contribution >= 4 is 5.57 Å². The minimum atomic E-state index is -1.43. The van der Waals surface area contributed by atoms with E-state index in [1.54, 1.807) is 18.2 Å². The third-order valence-electron chi connectivity index (χ3n) is 7.08. The molecule has 39 heavy (non-hydrogen) atoms. The number of halogens is 6. The molecule has 0 aromatic heterocycles. The SMILES string of the molecule is FC1=CC(F)CC(c2ccc(CCCCCCCCCc3ccc(-c4cc(F)cc(F)c4)c(F)c3)cc2F)=C1. The first kappa shape index (κ1) is 28.7. The molecular weight excluding hydrogens is 510 g/mol. The second-order valence-electron chi connectivity index (χ2n) is 10.2. The minimum absolute atomic E-state index is 0.0221. The Morgan fingerprint density at radius 3 is 1.62 bits per heavy atom. The molecule has 206 valence electrons. The Morgan fingerprint density at radius 2 is 1.10 bits per heavy atom. The lowest BCUT2D eigenvalue weighted by atomic mass is 9.94. The van der Waals surface area contributed by atoms with Crippen LogP contribution in [0.15, 0.2) is 72.6 Å². The van der Waals surface area contributed by atoms with Gasteiger partial charge in [-0.15, -0.1) is 0 Å². The quantitative estimate of drug-likeness (QED) is 0.158. The van der Waals surface area contributed by atoms with Crippen molar-refractivity contribution in [2.45, 2.75) is 70.4 Å². The van der Waals surface area contributed by atoms with E-state index in [2.05, 4.69) is 0 Å². The zero-order valence-electron chi connectivity index (χ0n) is 21.8. The van der Waals surface area contributed by atoms with Gasteiger partial charge in [-0.25, -0.2) is 26.3 Å². The number of unbranched alkanes of at least 4 members (excludes halogenated alkanes) is 6. The third-order valence-corrected chi connectivity index (χ3v) is 7.08. The molecule has 0 saturated carbocycles. The lowest BCUT2D eigenvalue weighted by molar-refractivity contribution is 0.396. The highest BCUT2D eigenvalue weighted by Gasteiger charge is 2.18. The molecule has 0 bridgehead atoms. The molecule has 0 saturated heterocycles. The van der Waals surface area contributed by atoms with Gasteiger partial charge in [0.25, 0.3) is 0 Å². The van der Waals surface area contributed by atoms with E-state index in [0.29, 0.717) is 5.57 Å². The maximum atomic E-state index is 14.6. The Hall–Kier alpha value is -3.28. The summed E-state index contributed by atoms with van der Waals surface area (Å²) in [5.41, 5.74) is 2.69. The van der Waals surface area contributed by atoms with Crippen LogP contribution >= 0.6 is 0 Å². The van der Waals surface area contributed by atoms with Gasteiger partial charge in [-0.3, -0.25) is 0 Å². The molecule has 0 aliphatic heterocycles. The first-order chi connectivity index (χ1) is 18.8. The van der Waals surface area contributed by atoms with E-state index in [1.807, 2.05) is 6.07 Å². The summed E-state index contributed by atoms with van der Waals surface area (Å²) in [5.74, 6) is -3.08. The average Bonchev–Trinajstić information content (AvgIpc) is 2.86. The van der Waals surface area contributed by atoms with Gasteiger partial charge in [0.15, 0.2) is 0 Å². The summed E-state index contributed by atoms with van der Waals surface area (Å²) in [6, 6.07) is 12.7. The standard InChI is InChI=1S/C33H32F6/c34-26-16-24(17-27(35)20-26)30-12-10-22(14-32(30)38)8-6-4-2-1-3-5-7-9-23-11-13-31(33(39)15-23)25-18-28(36)21-29(37)19-25/h10-18,20-21,29H,1-9,19H2. The molecule has 0 spiro atoms. The summed E-state index contributed by atoms with van der Waals surface area (Å²) < 4.78 is 83.0. The average molecular weight is 543 g/mol. The van der Waals surface area contributed by atoms with Gasteiger partial charge in [-0.2, -0.15) is 0 Å². The number of benzene rings is 3. The molecule has 6 heteroatoms. The van der Waals surface area contributed by atoms with E-state index < -0.39 is 35.3 Å². The molecule has 1 atom stereocenters. The Morgan fingerprint density at radius 1 is 0.590 bits per heavy atom. The maximum Gasteiger partial charge on any atom is 0.131 e. The van der Waals surface area contributed by atoms with Gasteiger partial charge < -0.3 is 0 Å². The van der Waals surface area contributed by atoms with Crippen LogP contribution in [0.4, 0.5) is 26.3 Å². The molecule has 3 aromatic rings. The molecule has 4 rings (SSSR count). The highest BCUT2D eigenvalue weighted by Crippen LogP contribution is 2.31. The Kier molecular flexibility index (Phi) is 10.1. The van der Waals surface area contributed by atoms with Gasteiger partial charge >= 0.3 is 0 Å². The molecule has 1 unspecified atom stereocenters. The number of alkyl halides is 1. The lowest BCUT2D eigenvalue weighted by Crippen LogP contribution is -2.04.